The van der Waals surface area contributed by atoms with Crippen LogP contribution in [0.25, 0.3) is 0 Å². The molecule has 3 aliphatic rings. The van der Waals surface area contributed by atoms with Gasteiger partial charge in [0, 0.05) is 35.1 Å². The van der Waals surface area contributed by atoms with Crippen LogP contribution in [0, 0.1) is 11.8 Å². The summed E-state index contributed by atoms with van der Waals surface area (Å²) in [5.74, 6) is -2.02. The molecular formula is C20H30ClN5O5S. The predicted octanol–water partition coefficient (Wildman–Crippen LogP) is -4.14. The molecule has 6 atom stereocenters. The molecule has 1 aromatic heterocycles. The van der Waals surface area contributed by atoms with Gasteiger partial charge in [-0.2, -0.15) is 0 Å². The number of aromatic nitrogens is 3. The highest BCUT2D eigenvalue weighted by Gasteiger charge is 2.60. The molecule has 12 heteroatoms. The van der Waals surface area contributed by atoms with Gasteiger partial charge in [-0.05, 0) is 13.3 Å². The number of β-lactam (4-membered cyclic amide) rings is 1. The van der Waals surface area contributed by atoms with E-state index in [1.54, 1.807) is 23.4 Å². The SMILES string of the molecule is C[C@@H](O)[C@H]1C(=O)N2C(C(=O)O)=C(S[C@@H]3CN[C@H](Cc4c[n+](CCO)nn4C)C3)[C@H](C)[C@H]12.[Cl-]. The van der Waals surface area contributed by atoms with Crippen LogP contribution in [0.3, 0.4) is 0 Å². The number of halogens is 1. The van der Waals surface area contributed by atoms with E-state index in [-0.39, 0.29) is 53.9 Å². The van der Waals surface area contributed by atoms with Crippen molar-refractivity contribution in [3.8, 4) is 0 Å². The summed E-state index contributed by atoms with van der Waals surface area (Å²) in [6.07, 6.45) is 2.81. The maximum Gasteiger partial charge on any atom is 0.353 e. The van der Waals surface area contributed by atoms with Gasteiger partial charge in [-0.15, -0.1) is 21.1 Å². The number of carboxylic acids is 1. The molecule has 0 aliphatic carbocycles. The number of carbonyl (C=O) groups is 2. The molecule has 4 N–H and O–H groups in total. The van der Waals surface area contributed by atoms with Crippen LogP contribution in [-0.2, 0) is 29.6 Å². The molecule has 32 heavy (non-hydrogen) atoms. The molecule has 0 unspecified atom stereocenters. The number of nitrogens with one attached hydrogen (secondary N) is 1. The number of aliphatic hydroxyl groups excluding tert-OH is 2. The van der Waals surface area contributed by atoms with Gasteiger partial charge >= 0.3 is 5.97 Å². The lowest BCUT2D eigenvalue weighted by Gasteiger charge is -2.46. The Kier molecular flexibility index (Phi) is 7.55. The third-order valence-electron chi connectivity index (χ3n) is 6.53. The Labute approximate surface area is 197 Å². The van der Waals surface area contributed by atoms with Crippen LogP contribution >= 0.6 is 11.8 Å². The molecule has 3 aliphatic heterocycles. The number of carboxylic acid groups (broad SMARTS) is 1. The molecule has 2 saturated heterocycles. The fourth-order valence-corrected chi connectivity index (χ4v) is 6.56. The van der Waals surface area contributed by atoms with E-state index in [9.17, 15) is 19.8 Å². The van der Waals surface area contributed by atoms with Crippen molar-refractivity contribution in [2.75, 3.05) is 13.2 Å². The monoisotopic (exact) mass is 487 g/mol. The van der Waals surface area contributed by atoms with E-state index < -0.39 is 18.0 Å². The van der Waals surface area contributed by atoms with E-state index in [1.807, 2.05) is 24.9 Å². The summed E-state index contributed by atoms with van der Waals surface area (Å²) in [6.45, 7) is 4.79. The predicted molar refractivity (Wildman–Crippen MR) is 112 cm³/mol. The number of aryl methyl sites for hydroxylation is 1. The normalized spacial score (nSPS) is 30.2. The molecule has 10 nitrogen and oxygen atoms in total. The van der Waals surface area contributed by atoms with Crippen LogP contribution in [-0.4, -0.2) is 78.6 Å². The standard InChI is InChI=1S/C20H29N5O5S.ClH/c1-10-16-15(11(2)27)19(28)25(16)17(20(29)30)18(10)31-14-7-12(21-8-14)6-13-9-24(4-5-26)22-23(13)3;/h9-12,14-16,21,26-27H,4-8H2,1-3H3;1H/t10-,11-,12-,14+,15-,16-;/m1./s1. The highest BCUT2D eigenvalue weighted by Crippen LogP contribution is 2.51. The third kappa shape index (κ3) is 4.28. The van der Waals surface area contributed by atoms with E-state index in [0.717, 1.165) is 30.0 Å². The molecule has 4 rings (SSSR count). The minimum Gasteiger partial charge on any atom is -1.00 e. The lowest BCUT2D eigenvalue weighted by atomic mass is 9.79. The van der Waals surface area contributed by atoms with Crippen molar-refractivity contribution in [3.05, 3.63) is 22.5 Å². The quantitative estimate of drug-likeness (QED) is 0.215. The van der Waals surface area contributed by atoms with Crippen LogP contribution in [0.1, 0.15) is 26.0 Å². The first-order valence-electron chi connectivity index (χ1n) is 10.6. The Morgan fingerprint density at radius 1 is 1.47 bits per heavy atom. The molecule has 0 aromatic carbocycles. The number of aliphatic carboxylic acids is 1. The molecule has 0 saturated carbocycles. The van der Waals surface area contributed by atoms with Crippen LogP contribution in [0.15, 0.2) is 16.8 Å². The molecule has 1 amide bonds. The van der Waals surface area contributed by atoms with Gasteiger partial charge in [0.1, 0.15) is 19.3 Å². The van der Waals surface area contributed by atoms with E-state index >= 15 is 0 Å². The van der Waals surface area contributed by atoms with Crippen molar-refractivity contribution < 1.29 is 42.0 Å². The zero-order chi connectivity index (χ0) is 22.4. The number of carbonyl (C=O) groups excluding carboxylic acids is 1. The van der Waals surface area contributed by atoms with Gasteiger partial charge in [0.15, 0.2) is 11.9 Å². The van der Waals surface area contributed by atoms with Gasteiger partial charge in [0.05, 0.1) is 29.9 Å². The average Bonchev–Trinajstić information content (AvgIpc) is 3.33. The lowest BCUT2D eigenvalue weighted by molar-refractivity contribution is -0.756. The summed E-state index contributed by atoms with van der Waals surface area (Å²) in [4.78, 5) is 26.6. The number of rotatable bonds is 8. The summed E-state index contributed by atoms with van der Waals surface area (Å²) in [5, 5.41) is 36.9. The van der Waals surface area contributed by atoms with Gasteiger partial charge < -0.3 is 37.9 Å². The zero-order valence-corrected chi connectivity index (χ0v) is 19.9. The first-order valence-corrected chi connectivity index (χ1v) is 11.5. The van der Waals surface area contributed by atoms with Crippen molar-refractivity contribution >= 4 is 23.6 Å². The maximum absolute atomic E-state index is 12.5. The Morgan fingerprint density at radius 3 is 2.81 bits per heavy atom. The Hall–Kier alpha value is -1.66. The van der Waals surface area contributed by atoms with E-state index in [0.29, 0.717) is 6.54 Å². The third-order valence-corrected chi connectivity index (χ3v) is 8.05. The van der Waals surface area contributed by atoms with Gasteiger partial charge in [0.2, 0.25) is 5.91 Å². The van der Waals surface area contributed by atoms with E-state index in [2.05, 4.69) is 10.5 Å². The number of nitrogens with zero attached hydrogens (tertiary/aromatic N) is 4. The highest BCUT2D eigenvalue weighted by atomic mass is 35.5. The zero-order valence-electron chi connectivity index (χ0n) is 18.3. The number of aliphatic hydroxyl groups is 2. The molecule has 178 valence electrons. The average molecular weight is 488 g/mol. The van der Waals surface area contributed by atoms with Crippen molar-refractivity contribution in [3.63, 3.8) is 0 Å². The number of hydrogen-bond donors (Lipinski definition) is 4. The molecule has 0 spiro atoms. The van der Waals surface area contributed by atoms with Gasteiger partial charge in [-0.25, -0.2) is 4.79 Å². The fraction of sp³-hybridized carbons (Fsp3) is 0.700. The minimum absolute atomic E-state index is 0. The number of fused-ring (bicyclic) bond motifs is 1. The Morgan fingerprint density at radius 2 is 2.19 bits per heavy atom. The molecule has 0 bridgehead atoms. The van der Waals surface area contributed by atoms with Crippen LogP contribution in [0.4, 0.5) is 0 Å². The lowest BCUT2D eigenvalue weighted by Crippen LogP contribution is -3.00. The second-order valence-corrected chi connectivity index (χ2v) is 10.0. The largest absolute Gasteiger partial charge is 1.00 e. The van der Waals surface area contributed by atoms with Crippen molar-refractivity contribution in [1.29, 1.82) is 0 Å². The van der Waals surface area contributed by atoms with Gasteiger partial charge in [-0.3, -0.25) is 4.79 Å². The summed E-state index contributed by atoms with van der Waals surface area (Å²) >= 11 is 1.55. The number of hydrogen-bond acceptors (Lipinski definition) is 7. The minimum atomic E-state index is -1.08. The summed E-state index contributed by atoms with van der Waals surface area (Å²) < 4.78 is 3.54. The number of amides is 1. The second kappa shape index (κ2) is 9.68. The van der Waals surface area contributed by atoms with Crippen molar-refractivity contribution in [2.24, 2.45) is 18.9 Å². The molecule has 4 heterocycles. The van der Waals surface area contributed by atoms with Crippen LogP contribution in [0.5, 0.6) is 0 Å². The topological polar surface area (TPSA) is 132 Å². The van der Waals surface area contributed by atoms with Crippen molar-refractivity contribution in [2.45, 2.75) is 56.7 Å². The van der Waals surface area contributed by atoms with Crippen molar-refractivity contribution in [1.82, 2.24) is 20.1 Å². The van der Waals surface area contributed by atoms with E-state index in [4.69, 9.17) is 5.11 Å². The highest BCUT2D eigenvalue weighted by molar-refractivity contribution is 8.03. The maximum atomic E-state index is 12.5. The van der Waals surface area contributed by atoms with Crippen LogP contribution < -0.4 is 22.4 Å². The Bertz CT molecular complexity index is 922. The first-order chi connectivity index (χ1) is 14.7. The van der Waals surface area contributed by atoms with Gasteiger partial charge in [0.25, 0.3) is 0 Å². The summed E-state index contributed by atoms with van der Waals surface area (Å²) in [7, 11) is 1.88. The molecule has 1 aromatic rings. The van der Waals surface area contributed by atoms with E-state index in [1.165, 1.54) is 4.90 Å². The summed E-state index contributed by atoms with van der Waals surface area (Å²) in [6, 6.07) is -0.0346. The molecule has 0 radical (unpaired) electrons. The van der Waals surface area contributed by atoms with Crippen LogP contribution in [0.2, 0.25) is 0 Å². The second-order valence-electron chi connectivity index (χ2n) is 8.68. The fourth-order valence-electron chi connectivity index (χ4n) is 5.05. The Balaban J connectivity index is 0.00000289. The molecule has 2 fully saturated rings. The number of thioether (sulfide) groups is 1. The summed E-state index contributed by atoms with van der Waals surface area (Å²) in [5.41, 5.74) is 1.15. The molecular weight excluding hydrogens is 458 g/mol. The first kappa shape index (κ1) is 25.0. The van der Waals surface area contributed by atoms with Gasteiger partial charge in [-0.1, -0.05) is 6.92 Å². The smallest absolute Gasteiger partial charge is 0.353 e.